The van der Waals surface area contributed by atoms with Crippen molar-refractivity contribution in [1.82, 2.24) is 19.5 Å². The summed E-state index contributed by atoms with van der Waals surface area (Å²) in [4.78, 5) is 12.3. The van der Waals surface area contributed by atoms with Crippen LogP contribution in [0.15, 0.2) is 12.7 Å². The summed E-state index contributed by atoms with van der Waals surface area (Å²) in [5.74, 6) is 0.248. The van der Waals surface area contributed by atoms with Gasteiger partial charge in [-0.1, -0.05) is 0 Å². The molecule has 1 aliphatic rings. The summed E-state index contributed by atoms with van der Waals surface area (Å²) in [6.07, 6.45) is -0.171. The summed E-state index contributed by atoms with van der Waals surface area (Å²) in [6, 6.07) is 0. The second-order valence-corrected chi connectivity index (χ2v) is 4.75. The highest BCUT2D eigenvalue weighted by molar-refractivity contribution is 5.81. The van der Waals surface area contributed by atoms with Gasteiger partial charge in [0.05, 0.1) is 15.6 Å². The van der Waals surface area contributed by atoms with Gasteiger partial charge in [0, 0.05) is 21.3 Å². The standard InChI is InChI=1S/C13H19N5O4/c1-19-4-7-9(20-2)10(21-3)13(22-7)18-6-17-8-11(14)15-5-16-12(8)18/h5-7,9-10,13H,4H2,1-3H3,(H2,14,15,16)/t7-,9+,10?,13-/m1/s1/i4D2. The van der Waals surface area contributed by atoms with E-state index >= 15 is 0 Å². The predicted octanol–water partition coefficient (Wildman–Crippen LogP) is -0.0177. The molecule has 4 atom stereocenters. The fraction of sp³-hybridized carbons (Fsp3) is 0.615. The lowest BCUT2D eigenvalue weighted by Gasteiger charge is -2.21. The lowest BCUT2D eigenvalue weighted by atomic mass is 10.1. The molecule has 0 saturated carbocycles. The monoisotopic (exact) mass is 311 g/mol. The lowest BCUT2D eigenvalue weighted by molar-refractivity contribution is -0.0636. The molecule has 0 radical (unpaired) electrons. The number of hydrogen-bond donors (Lipinski definition) is 1. The Morgan fingerprint density at radius 3 is 2.73 bits per heavy atom. The Balaban J connectivity index is 2.04. The molecule has 2 aromatic heterocycles. The Morgan fingerprint density at radius 2 is 2.05 bits per heavy atom. The Bertz CT molecular complexity index is 727. The van der Waals surface area contributed by atoms with Crippen molar-refractivity contribution in [3.8, 4) is 0 Å². The molecule has 1 fully saturated rings. The van der Waals surface area contributed by atoms with Gasteiger partial charge in [-0.05, 0) is 0 Å². The minimum Gasteiger partial charge on any atom is -0.382 e. The largest absolute Gasteiger partial charge is 0.382 e. The number of imidazole rings is 1. The summed E-state index contributed by atoms with van der Waals surface area (Å²) in [5.41, 5.74) is 6.70. The first kappa shape index (κ1) is 12.7. The average Bonchev–Trinajstić information content (AvgIpc) is 3.16. The summed E-state index contributed by atoms with van der Waals surface area (Å²) in [6.45, 7) is -2.06. The number of nitrogens with zero attached hydrogens (tertiary/aromatic N) is 4. The predicted molar refractivity (Wildman–Crippen MR) is 77.1 cm³/mol. The summed E-state index contributed by atoms with van der Waals surface area (Å²) < 4.78 is 39.4. The van der Waals surface area contributed by atoms with Crippen LogP contribution < -0.4 is 5.73 Å². The van der Waals surface area contributed by atoms with Crippen LogP contribution in [-0.4, -0.2) is 65.7 Å². The normalized spacial score (nSPS) is 30.5. The molecule has 1 saturated heterocycles. The smallest absolute Gasteiger partial charge is 0.167 e. The lowest BCUT2D eigenvalue weighted by Crippen LogP contribution is -2.36. The second kappa shape index (κ2) is 6.13. The number of hydrogen-bond acceptors (Lipinski definition) is 8. The van der Waals surface area contributed by atoms with Gasteiger partial charge in [-0.15, -0.1) is 0 Å². The molecule has 9 heteroatoms. The van der Waals surface area contributed by atoms with Crippen molar-refractivity contribution in [3.05, 3.63) is 12.7 Å². The van der Waals surface area contributed by atoms with Crippen LogP contribution in [0.25, 0.3) is 11.2 Å². The third kappa shape index (κ3) is 2.31. The number of ether oxygens (including phenoxy) is 4. The van der Waals surface area contributed by atoms with Gasteiger partial charge in [0.25, 0.3) is 0 Å². The van der Waals surface area contributed by atoms with E-state index < -0.39 is 31.1 Å². The Morgan fingerprint density at radius 1 is 1.27 bits per heavy atom. The van der Waals surface area contributed by atoms with E-state index in [2.05, 4.69) is 15.0 Å². The van der Waals surface area contributed by atoms with Crippen molar-refractivity contribution in [3.63, 3.8) is 0 Å². The minimum atomic E-state index is -2.06. The van der Waals surface area contributed by atoms with E-state index in [1.807, 2.05) is 0 Å². The highest BCUT2D eigenvalue weighted by Crippen LogP contribution is 2.35. The number of nitrogens with two attached hydrogens (primary N) is 1. The summed E-state index contributed by atoms with van der Waals surface area (Å²) >= 11 is 0. The molecule has 1 aliphatic heterocycles. The zero-order chi connectivity index (χ0) is 17.5. The fourth-order valence-corrected chi connectivity index (χ4v) is 2.64. The van der Waals surface area contributed by atoms with Crippen molar-refractivity contribution in [2.75, 3.05) is 33.6 Å². The van der Waals surface area contributed by atoms with Gasteiger partial charge in [0.1, 0.15) is 30.2 Å². The molecular formula is C13H19N5O4. The number of anilines is 1. The van der Waals surface area contributed by atoms with Gasteiger partial charge < -0.3 is 24.7 Å². The first-order valence-electron chi connectivity index (χ1n) is 7.63. The maximum absolute atomic E-state index is 8.00. The summed E-state index contributed by atoms with van der Waals surface area (Å²) in [7, 11) is 4.24. The van der Waals surface area contributed by atoms with Crippen molar-refractivity contribution >= 4 is 17.0 Å². The molecule has 0 bridgehead atoms. The number of fused-ring (bicyclic) bond motifs is 1. The Labute approximate surface area is 130 Å². The van der Waals surface area contributed by atoms with Crippen LogP contribution in [0.5, 0.6) is 0 Å². The minimum absolute atomic E-state index is 0.248. The molecule has 3 rings (SSSR count). The molecule has 0 amide bonds. The van der Waals surface area contributed by atoms with Gasteiger partial charge in [-0.3, -0.25) is 4.57 Å². The number of rotatable bonds is 5. The van der Waals surface area contributed by atoms with Crippen LogP contribution >= 0.6 is 0 Å². The number of methoxy groups -OCH3 is 3. The zero-order valence-corrected chi connectivity index (χ0v) is 12.5. The van der Waals surface area contributed by atoms with Gasteiger partial charge in [-0.25, -0.2) is 15.0 Å². The quantitative estimate of drug-likeness (QED) is 0.821. The third-order valence-corrected chi connectivity index (χ3v) is 3.63. The molecule has 2 N–H and O–H groups in total. The highest BCUT2D eigenvalue weighted by atomic mass is 16.6. The Kier molecular flexibility index (Phi) is 3.54. The molecule has 0 aromatic carbocycles. The van der Waals surface area contributed by atoms with Crippen LogP contribution in [0.4, 0.5) is 5.82 Å². The van der Waals surface area contributed by atoms with Crippen LogP contribution in [0.3, 0.4) is 0 Å². The topological polar surface area (TPSA) is 107 Å². The van der Waals surface area contributed by atoms with E-state index in [0.717, 1.165) is 0 Å². The average molecular weight is 311 g/mol. The van der Waals surface area contributed by atoms with Gasteiger partial charge in [0.15, 0.2) is 17.7 Å². The highest BCUT2D eigenvalue weighted by Gasteiger charge is 2.46. The van der Waals surface area contributed by atoms with E-state index in [1.54, 1.807) is 4.57 Å². The molecule has 9 nitrogen and oxygen atoms in total. The molecule has 0 spiro atoms. The van der Waals surface area contributed by atoms with Gasteiger partial charge in [-0.2, -0.15) is 0 Å². The van der Waals surface area contributed by atoms with Crippen LogP contribution in [0, 0.1) is 0 Å². The molecule has 0 aliphatic carbocycles. The van der Waals surface area contributed by atoms with Gasteiger partial charge >= 0.3 is 0 Å². The van der Waals surface area contributed by atoms with E-state index in [-0.39, 0.29) is 5.82 Å². The molecular weight excluding hydrogens is 290 g/mol. The maximum Gasteiger partial charge on any atom is 0.167 e. The zero-order valence-electron chi connectivity index (χ0n) is 14.5. The van der Waals surface area contributed by atoms with Crippen molar-refractivity contribution in [1.29, 1.82) is 0 Å². The molecule has 120 valence electrons. The van der Waals surface area contributed by atoms with E-state index in [9.17, 15) is 0 Å². The second-order valence-electron chi connectivity index (χ2n) is 4.75. The molecule has 3 heterocycles. The van der Waals surface area contributed by atoms with Crippen LogP contribution in [-0.2, 0) is 18.9 Å². The van der Waals surface area contributed by atoms with Crippen molar-refractivity contribution in [2.45, 2.75) is 24.5 Å². The maximum atomic E-state index is 8.00. The van der Waals surface area contributed by atoms with Crippen molar-refractivity contribution < 1.29 is 21.7 Å². The first-order chi connectivity index (χ1) is 11.4. The van der Waals surface area contributed by atoms with E-state index in [1.165, 1.54) is 34.0 Å². The summed E-state index contributed by atoms with van der Waals surface area (Å²) in [5, 5.41) is 0. The van der Waals surface area contributed by atoms with Crippen LogP contribution in [0.2, 0.25) is 0 Å². The van der Waals surface area contributed by atoms with Crippen molar-refractivity contribution in [2.24, 2.45) is 0 Å². The molecule has 22 heavy (non-hydrogen) atoms. The SMILES string of the molecule is [2H]C([2H])(OC)[C@H]1O[C@@H](n2cnc3c(N)ncnc32)C(OC)[C@H]1OC. The van der Waals surface area contributed by atoms with Crippen LogP contribution in [0.1, 0.15) is 8.97 Å². The molecule has 2 aromatic rings. The first-order valence-corrected chi connectivity index (χ1v) is 6.63. The number of aromatic nitrogens is 4. The van der Waals surface area contributed by atoms with E-state index in [4.69, 9.17) is 27.4 Å². The Hall–Kier alpha value is -1.81. The number of nitrogen functional groups attached to an aromatic ring is 1. The fourth-order valence-electron chi connectivity index (χ4n) is 2.64. The molecule has 1 unspecified atom stereocenters. The van der Waals surface area contributed by atoms with E-state index in [0.29, 0.717) is 11.2 Å². The van der Waals surface area contributed by atoms with Gasteiger partial charge in [0.2, 0.25) is 0 Å². The third-order valence-electron chi connectivity index (χ3n) is 3.63.